The Morgan fingerprint density at radius 1 is 1.00 bits per heavy atom. The largest absolute Gasteiger partial charge is 0.345 e. The Kier molecular flexibility index (Phi) is 10.9. The first-order valence-corrected chi connectivity index (χ1v) is 13.7. The lowest BCUT2D eigenvalue weighted by molar-refractivity contribution is -0.143. The Morgan fingerprint density at radius 3 is 2.43 bits per heavy atom. The molecule has 1 aliphatic carbocycles. The Bertz CT molecular complexity index is 899. The van der Waals surface area contributed by atoms with Gasteiger partial charge in [-0.25, -0.2) is 0 Å². The summed E-state index contributed by atoms with van der Waals surface area (Å²) in [7, 11) is 0. The van der Waals surface area contributed by atoms with Crippen LogP contribution in [0.25, 0.3) is 0 Å². The van der Waals surface area contributed by atoms with Crippen LogP contribution in [0.4, 0.5) is 0 Å². The van der Waals surface area contributed by atoms with Gasteiger partial charge in [0.1, 0.15) is 0 Å². The summed E-state index contributed by atoms with van der Waals surface area (Å²) in [5.41, 5.74) is 2.40. The lowest BCUT2D eigenvalue weighted by Crippen LogP contribution is -2.48. The summed E-state index contributed by atoms with van der Waals surface area (Å²) in [5.74, 6) is 0.720. The maximum atomic E-state index is 13.8. The molecule has 1 saturated carbocycles. The van der Waals surface area contributed by atoms with Gasteiger partial charge in [0.05, 0.1) is 13.1 Å². The van der Waals surface area contributed by atoms with Crippen molar-refractivity contribution in [1.82, 2.24) is 14.4 Å². The standard InChI is InChI=1S/C30H45N3O2/c1-4-5-18-29(34)32(21-19-25(2)3)24-30(35)33(27-15-10-7-11-16-27)23-28-17-12-20-31(28)22-26-13-8-6-9-14-26/h6,8-9,12-14,17,20,25,27H,4-5,7,10-11,15-16,18-19,21-24H2,1-3H3. The molecular weight excluding hydrogens is 434 g/mol. The molecule has 0 bridgehead atoms. The van der Waals surface area contributed by atoms with E-state index in [1.54, 1.807) is 0 Å². The number of unbranched alkanes of at least 4 members (excludes halogenated alkanes) is 1. The van der Waals surface area contributed by atoms with Crippen LogP contribution >= 0.6 is 0 Å². The van der Waals surface area contributed by atoms with Crippen molar-refractivity contribution in [3.63, 3.8) is 0 Å². The number of benzene rings is 1. The van der Waals surface area contributed by atoms with Gasteiger partial charge < -0.3 is 14.4 Å². The Hall–Kier alpha value is -2.56. The third-order valence-corrected chi connectivity index (χ3v) is 7.19. The van der Waals surface area contributed by atoms with Crippen LogP contribution in [0.15, 0.2) is 48.7 Å². The van der Waals surface area contributed by atoms with E-state index in [2.05, 4.69) is 72.8 Å². The SMILES string of the molecule is CCCCC(=O)N(CCC(C)C)CC(=O)N(Cc1cccn1Cc1ccccc1)C1CCCCC1. The monoisotopic (exact) mass is 479 g/mol. The number of carbonyl (C=O) groups is 2. The normalized spacial score (nSPS) is 14.3. The molecule has 0 radical (unpaired) electrons. The van der Waals surface area contributed by atoms with Gasteiger partial charge in [-0.3, -0.25) is 9.59 Å². The van der Waals surface area contributed by atoms with Crippen molar-refractivity contribution in [1.29, 1.82) is 0 Å². The van der Waals surface area contributed by atoms with Crippen LogP contribution in [-0.4, -0.2) is 45.3 Å². The molecule has 0 atom stereocenters. The maximum Gasteiger partial charge on any atom is 0.242 e. The number of hydrogen-bond acceptors (Lipinski definition) is 2. The zero-order valence-electron chi connectivity index (χ0n) is 22.1. The van der Waals surface area contributed by atoms with Gasteiger partial charge in [-0.15, -0.1) is 0 Å². The number of amides is 2. The van der Waals surface area contributed by atoms with E-state index in [0.717, 1.165) is 44.3 Å². The minimum Gasteiger partial charge on any atom is -0.345 e. The van der Waals surface area contributed by atoms with Crippen molar-refractivity contribution in [2.24, 2.45) is 5.92 Å². The molecule has 2 aromatic rings. The van der Waals surface area contributed by atoms with Crippen molar-refractivity contribution in [3.05, 3.63) is 59.9 Å². The predicted molar refractivity (Wildman–Crippen MR) is 143 cm³/mol. The van der Waals surface area contributed by atoms with Crippen LogP contribution in [0, 0.1) is 5.92 Å². The fourth-order valence-electron chi connectivity index (χ4n) is 4.96. The van der Waals surface area contributed by atoms with Crippen molar-refractivity contribution >= 4 is 11.8 Å². The summed E-state index contributed by atoms with van der Waals surface area (Å²) in [6.45, 7) is 8.71. The molecule has 0 N–H and O–H groups in total. The molecule has 5 heteroatoms. The first-order valence-electron chi connectivity index (χ1n) is 13.7. The van der Waals surface area contributed by atoms with E-state index in [1.807, 2.05) is 11.0 Å². The van der Waals surface area contributed by atoms with E-state index >= 15 is 0 Å². The van der Waals surface area contributed by atoms with Gasteiger partial charge in [0, 0.05) is 37.4 Å². The zero-order valence-corrected chi connectivity index (χ0v) is 22.1. The zero-order chi connectivity index (χ0) is 25.0. The molecule has 0 saturated heterocycles. The van der Waals surface area contributed by atoms with E-state index in [9.17, 15) is 9.59 Å². The Morgan fingerprint density at radius 2 is 1.74 bits per heavy atom. The second-order valence-electron chi connectivity index (χ2n) is 10.5. The highest BCUT2D eigenvalue weighted by Gasteiger charge is 2.28. The van der Waals surface area contributed by atoms with Crippen LogP contribution < -0.4 is 0 Å². The van der Waals surface area contributed by atoms with Gasteiger partial charge in [0.15, 0.2) is 0 Å². The van der Waals surface area contributed by atoms with Crippen molar-refractivity contribution < 1.29 is 9.59 Å². The van der Waals surface area contributed by atoms with Gasteiger partial charge in [0.25, 0.3) is 0 Å². The van der Waals surface area contributed by atoms with Crippen LogP contribution in [0.2, 0.25) is 0 Å². The number of carbonyl (C=O) groups excluding carboxylic acids is 2. The molecule has 192 valence electrons. The summed E-state index contributed by atoms with van der Waals surface area (Å²) in [5, 5.41) is 0. The average Bonchev–Trinajstić information content (AvgIpc) is 3.30. The number of hydrogen-bond donors (Lipinski definition) is 0. The second-order valence-corrected chi connectivity index (χ2v) is 10.5. The van der Waals surface area contributed by atoms with Gasteiger partial charge >= 0.3 is 0 Å². The van der Waals surface area contributed by atoms with Crippen LogP contribution in [0.3, 0.4) is 0 Å². The number of aromatic nitrogens is 1. The van der Waals surface area contributed by atoms with E-state index in [1.165, 1.54) is 24.8 Å². The van der Waals surface area contributed by atoms with Gasteiger partial charge in [-0.05, 0) is 49.3 Å². The van der Waals surface area contributed by atoms with Gasteiger partial charge in [0.2, 0.25) is 11.8 Å². The topological polar surface area (TPSA) is 45.6 Å². The molecule has 1 fully saturated rings. The molecule has 5 nitrogen and oxygen atoms in total. The van der Waals surface area contributed by atoms with Crippen LogP contribution in [0.1, 0.15) is 89.8 Å². The van der Waals surface area contributed by atoms with Crippen molar-refractivity contribution in [2.75, 3.05) is 13.1 Å². The van der Waals surface area contributed by atoms with Gasteiger partial charge in [-0.1, -0.05) is 76.8 Å². The maximum absolute atomic E-state index is 13.8. The summed E-state index contributed by atoms with van der Waals surface area (Å²) >= 11 is 0. The predicted octanol–water partition coefficient (Wildman–Crippen LogP) is 6.26. The molecule has 1 heterocycles. The fourth-order valence-corrected chi connectivity index (χ4v) is 4.96. The first-order chi connectivity index (χ1) is 17.0. The molecule has 35 heavy (non-hydrogen) atoms. The molecule has 0 unspecified atom stereocenters. The highest BCUT2D eigenvalue weighted by atomic mass is 16.2. The van der Waals surface area contributed by atoms with Crippen LogP contribution in [0.5, 0.6) is 0 Å². The summed E-state index contributed by atoms with van der Waals surface area (Å²) in [4.78, 5) is 30.7. The second kappa shape index (κ2) is 14.1. The molecule has 1 aromatic carbocycles. The molecule has 2 amide bonds. The molecule has 0 aliphatic heterocycles. The van der Waals surface area contributed by atoms with E-state index in [-0.39, 0.29) is 24.4 Å². The minimum atomic E-state index is 0.0953. The summed E-state index contributed by atoms with van der Waals surface area (Å²) in [6.07, 6.45) is 11.1. The average molecular weight is 480 g/mol. The third-order valence-electron chi connectivity index (χ3n) is 7.19. The number of nitrogens with zero attached hydrogens (tertiary/aromatic N) is 3. The van der Waals surface area contributed by atoms with E-state index < -0.39 is 0 Å². The lowest BCUT2D eigenvalue weighted by atomic mass is 9.94. The highest BCUT2D eigenvalue weighted by Crippen LogP contribution is 2.25. The van der Waals surface area contributed by atoms with Crippen molar-refractivity contribution in [2.45, 2.75) is 97.7 Å². The Labute approximate surface area is 212 Å². The molecule has 0 spiro atoms. The molecule has 1 aromatic heterocycles. The summed E-state index contributed by atoms with van der Waals surface area (Å²) < 4.78 is 2.25. The minimum absolute atomic E-state index is 0.0953. The first kappa shape index (κ1) is 27.0. The summed E-state index contributed by atoms with van der Waals surface area (Å²) in [6, 6.07) is 14.9. The lowest BCUT2D eigenvalue weighted by Gasteiger charge is -2.36. The van der Waals surface area contributed by atoms with Gasteiger partial charge in [-0.2, -0.15) is 0 Å². The number of rotatable bonds is 13. The highest BCUT2D eigenvalue weighted by molar-refractivity contribution is 5.85. The third kappa shape index (κ3) is 8.55. The fraction of sp³-hybridized carbons (Fsp3) is 0.600. The van der Waals surface area contributed by atoms with Crippen molar-refractivity contribution in [3.8, 4) is 0 Å². The molecule has 3 rings (SSSR count). The van der Waals surface area contributed by atoms with E-state index in [0.29, 0.717) is 25.4 Å². The quantitative estimate of drug-likeness (QED) is 0.340. The smallest absolute Gasteiger partial charge is 0.242 e. The molecule has 1 aliphatic rings. The van der Waals surface area contributed by atoms with E-state index in [4.69, 9.17) is 0 Å². The van der Waals surface area contributed by atoms with Crippen LogP contribution in [-0.2, 0) is 22.7 Å². The Balaban J connectivity index is 1.76. The molecular formula is C30H45N3O2.